The molecule has 3 aromatic carbocycles. The van der Waals surface area contributed by atoms with Crippen LogP contribution in [-0.2, 0) is 27.5 Å². The van der Waals surface area contributed by atoms with Crippen molar-refractivity contribution >= 4 is 21.6 Å². The predicted octanol–water partition coefficient (Wildman–Crippen LogP) is 4.58. The topological polar surface area (TPSA) is 76.2 Å². The van der Waals surface area contributed by atoms with Crippen LogP contribution in [0.1, 0.15) is 11.1 Å². The van der Waals surface area contributed by atoms with Gasteiger partial charge < -0.3 is 14.4 Å². The summed E-state index contributed by atoms with van der Waals surface area (Å²) >= 11 is 0. The first-order valence-corrected chi connectivity index (χ1v) is 12.1. The van der Waals surface area contributed by atoms with Crippen LogP contribution < -0.4 is 13.8 Å². The Balaban J connectivity index is 2.04. The van der Waals surface area contributed by atoms with Crippen LogP contribution in [0.2, 0.25) is 0 Å². The summed E-state index contributed by atoms with van der Waals surface area (Å²) in [4.78, 5) is 14.1. The second-order valence-corrected chi connectivity index (χ2v) is 9.67. The zero-order chi connectivity index (χ0) is 26.5. The lowest BCUT2D eigenvalue weighted by atomic mass is 10.2. The Bertz CT molecular complexity index is 1310. The lowest BCUT2D eigenvalue weighted by Crippen LogP contribution is -2.41. The number of carbonyl (C=O) groups is 1. The van der Waals surface area contributed by atoms with Gasteiger partial charge in [0.25, 0.3) is 10.0 Å². The minimum absolute atomic E-state index is 0.107. The summed E-state index contributed by atoms with van der Waals surface area (Å²) in [7, 11) is -0.306. The molecule has 0 aliphatic rings. The molecule has 0 N–H and O–H groups in total. The Labute approximate surface area is 207 Å². The molecule has 0 atom stereocenters. The van der Waals surface area contributed by atoms with E-state index in [-0.39, 0.29) is 28.6 Å². The van der Waals surface area contributed by atoms with Crippen molar-refractivity contribution in [3.05, 3.63) is 83.9 Å². The average molecular weight is 523 g/mol. The maximum absolute atomic E-state index is 13.7. The molecule has 0 unspecified atom stereocenters. The highest BCUT2D eigenvalue weighted by atomic mass is 32.2. The van der Waals surface area contributed by atoms with Crippen molar-refractivity contribution in [3.8, 4) is 11.5 Å². The number of hydrogen-bond donors (Lipinski definition) is 0. The van der Waals surface area contributed by atoms with Crippen molar-refractivity contribution in [2.75, 3.05) is 32.1 Å². The van der Waals surface area contributed by atoms with Crippen molar-refractivity contribution < 1.29 is 35.9 Å². The molecular formula is C25H25F3N2O5S. The van der Waals surface area contributed by atoms with Crippen molar-refractivity contribution in [1.29, 1.82) is 0 Å². The van der Waals surface area contributed by atoms with E-state index in [1.54, 1.807) is 24.3 Å². The normalized spacial score (nSPS) is 11.6. The maximum atomic E-state index is 13.7. The summed E-state index contributed by atoms with van der Waals surface area (Å²) in [5.41, 5.74) is -0.541. The Morgan fingerprint density at radius 1 is 0.889 bits per heavy atom. The number of carbonyl (C=O) groups excluding carboxylic acids is 1. The number of hydrogen-bond acceptors (Lipinski definition) is 5. The number of ether oxygens (including phenoxy) is 2. The second-order valence-electron chi connectivity index (χ2n) is 7.81. The minimum Gasteiger partial charge on any atom is -0.493 e. The first-order chi connectivity index (χ1) is 17.0. The molecule has 0 heterocycles. The van der Waals surface area contributed by atoms with Gasteiger partial charge in [-0.3, -0.25) is 9.10 Å². The number of sulfonamides is 1. The summed E-state index contributed by atoms with van der Waals surface area (Å²) in [6.45, 7) is -0.534. The number of amides is 1. The Hall–Kier alpha value is -3.73. The van der Waals surface area contributed by atoms with Crippen molar-refractivity contribution in [1.82, 2.24) is 4.90 Å². The number of halogens is 3. The van der Waals surface area contributed by atoms with Crippen molar-refractivity contribution in [2.45, 2.75) is 17.6 Å². The fourth-order valence-corrected chi connectivity index (χ4v) is 4.87. The third-order valence-electron chi connectivity index (χ3n) is 5.37. The van der Waals surface area contributed by atoms with Crippen LogP contribution in [0.3, 0.4) is 0 Å². The zero-order valence-electron chi connectivity index (χ0n) is 19.8. The van der Waals surface area contributed by atoms with E-state index in [9.17, 15) is 26.4 Å². The molecule has 0 aliphatic heterocycles. The number of rotatable bonds is 9. The molecule has 0 saturated carbocycles. The van der Waals surface area contributed by atoms with E-state index in [0.29, 0.717) is 10.4 Å². The highest BCUT2D eigenvalue weighted by Crippen LogP contribution is 2.35. The van der Waals surface area contributed by atoms with Gasteiger partial charge in [-0.1, -0.05) is 36.4 Å². The van der Waals surface area contributed by atoms with Crippen LogP contribution in [0.4, 0.5) is 18.9 Å². The van der Waals surface area contributed by atoms with Crippen LogP contribution >= 0.6 is 0 Å². The molecule has 0 bridgehead atoms. The lowest BCUT2D eigenvalue weighted by Gasteiger charge is -2.27. The van der Waals surface area contributed by atoms with Gasteiger partial charge >= 0.3 is 6.18 Å². The van der Waals surface area contributed by atoms with E-state index in [4.69, 9.17) is 9.47 Å². The summed E-state index contributed by atoms with van der Waals surface area (Å²) in [5, 5.41) is 0. The van der Waals surface area contributed by atoms with E-state index in [2.05, 4.69) is 0 Å². The maximum Gasteiger partial charge on any atom is 0.416 e. The van der Waals surface area contributed by atoms with Crippen LogP contribution in [0.15, 0.2) is 77.7 Å². The second kappa shape index (κ2) is 10.9. The smallest absolute Gasteiger partial charge is 0.416 e. The van der Waals surface area contributed by atoms with Crippen LogP contribution in [0.5, 0.6) is 11.5 Å². The molecule has 7 nitrogen and oxygen atoms in total. The number of anilines is 1. The molecule has 0 spiro atoms. The highest BCUT2D eigenvalue weighted by molar-refractivity contribution is 7.92. The molecule has 36 heavy (non-hydrogen) atoms. The molecule has 0 fully saturated rings. The van der Waals surface area contributed by atoms with Gasteiger partial charge in [0, 0.05) is 19.7 Å². The zero-order valence-corrected chi connectivity index (χ0v) is 20.6. The quantitative estimate of drug-likeness (QED) is 0.411. The predicted molar refractivity (Wildman–Crippen MR) is 128 cm³/mol. The van der Waals surface area contributed by atoms with Gasteiger partial charge in [-0.25, -0.2) is 8.42 Å². The van der Waals surface area contributed by atoms with Crippen LogP contribution in [0.25, 0.3) is 0 Å². The van der Waals surface area contributed by atoms with Gasteiger partial charge in [0.1, 0.15) is 6.54 Å². The van der Waals surface area contributed by atoms with E-state index < -0.39 is 34.2 Å². The van der Waals surface area contributed by atoms with Gasteiger partial charge in [-0.05, 0) is 35.9 Å². The van der Waals surface area contributed by atoms with Gasteiger partial charge in [0.2, 0.25) is 5.91 Å². The van der Waals surface area contributed by atoms with Gasteiger partial charge in [-0.2, -0.15) is 13.2 Å². The van der Waals surface area contributed by atoms with Gasteiger partial charge in [0.15, 0.2) is 11.5 Å². The summed E-state index contributed by atoms with van der Waals surface area (Å²) in [5.74, 6) is -0.240. The minimum atomic E-state index is -4.71. The molecule has 0 saturated heterocycles. The largest absolute Gasteiger partial charge is 0.493 e. The number of likely N-dealkylation sites (N-methyl/N-ethyl adjacent to an activating group) is 1. The Kier molecular flexibility index (Phi) is 8.13. The molecule has 3 rings (SSSR count). The van der Waals surface area contributed by atoms with Crippen molar-refractivity contribution in [2.24, 2.45) is 0 Å². The first-order valence-electron chi connectivity index (χ1n) is 10.7. The SMILES string of the molecule is COc1ccc(S(=O)(=O)N(CC(=O)N(C)Cc2ccccc2)c2cccc(C(F)(F)F)c2)cc1OC. The van der Waals surface area contributed by atoms with Crippen molar-refractivity contribution in [3.63, 3.8) is 0 Å². The molecule has 0 aromatic heterocycles. The standard InChI is InChI=1S/C25H25F3N2O5S/c1-29(16-18-8-5-4-6-9-18)24(31)17-30(20-11-7-10-19(14-20)25(26,27)28)36(32,33)21-12-13-22(34-2)23(15-21)35-3/h4-15H,16-17H2,1-3H3. The molecule has 3 aromatic rings. The Morgan fingerprint density at radius 2 is 1.56 bits per heavy atom. The van der Waals surface area contributed by atoms with E-state index in [1.807, 2.05) is 6.07 Å². The fraction of sp³-hybridized carbons (Fsp3) is 0.240. The van der Waals surface area contributed by atoms with Crippen LogP contribution in [-0.4, -0.2) is 47.0 Å². The molecular weight excluding hydrogens is 497 g/mol. The molecule has 1 amide bonds. The summed E-state index contributed by atoms with van der Waals surface area (Å²) < 4.78 is 78.5. The number of benzene rings is 3. The van der Waals surface area contributed by atoms with Gasteiger partial charge in [0.05, 0.1) is 30.4 Å². The molecule has 0 aliphatic carbocycles. The first kappa shape index (κ1) is 26.9. The number of alkyl halides is 3. The van der Waals surface area contributed by atoms with Crippen LogP contribution in [0, 0.1) is 0 Å². The van der Waals surface area contributed by atoms with E-state index in [1.165, 1.54) is 50.4 Å². The molecule has 11 heteroatoms. The lowest BCUT2D eigenvalue weighted by molar-refractivity contribution is -0.137. The van der Waals surface area contributed by atoms with E-state index >= 15 is 0 Å². The third-order valence-corrected chi connectivity index (χ3v) is 7.14. The summed E-state index contributed by atoms with van der Waals surface area (Å²) in [6, 6.07) is 16.6. The van der Waals surface area contributed by atoms with Gasteiger partial charge in [-0.15, -0.1) is 0 Å². The molecule has 192 valence electrons. The summed E-state index contributed by atoms with van der Waals surface area (Å²) in [6.07, 6.45) is -4.71. The average Bonchev–Trinajstić information content (AvgIpc) is 2.86. The third kappa shape index (κ3) is 6.09. The monoisotopic (exact) mass is 522 g/mol. The molecule has 0 radical (unpaired) electrons. The van der Waals surface area contributed by atoms with E-state index in [0.717, 1.165) is 17.7 Å². The number of methoxy groups -OCH3 is 2. The Morgan fingerprint density at radius 3 is 2.17 bits per heavy atom. The highest BCUT2D eigenvalue weighted by Gasteiger charge is 2.34. The number of nitrogens with zero attached hydrogens (tertiary/aromatic N) is 2. The fourth-order valence-electron chi connectivity index (χ4n) is 3.45.